The van der Waals surface area contributed by atoms with Crippen molar-refractivity contribution in [2.75, 3.05) is 13.2 Å². The summed E-state index contributed by atoms with van der Waals surface area (Å²) in [6.45, 7) is 3.18. The van der Waals surface area contributed by atoms with Gasteiger partial charge in [-0.15, -0.1) is 11.8 Å². The Labute approximate surface area is 128 Å². The summed E-state index contributed by atoms with van der Waals surface area (Å²) in [7, 11) is 0. The molecule has 1 aliphatic heterocycles. The molecule has 0 spiro atoms. The second kappa shape index (κ2) is 6.60. The number of nitrogens with two attached hydrogens (primary N) is 1. The van der Waals surface area contributed by atoms with E-state index in [0.29, 0.717) is 24.9 Å². The number of hydrogen-bond donors (Lipinski definition) is 1. The average Bonchev–Trinajstić information content (AvgIpc) is 3.13. The Bertz CT molecular complexity index is 577. The van der Waals surface area contributed by atoms with Gasteiger partial charge in [0.25, 0.3) is 0 Å². The van der Waals surface area contributed by atoms with Crippen molar-refractivity contribution >= 4 is 11.8 Å². The summed E-state index contributed by atoms with van der Waals surface area (Å²) in [5.41, 5.74) is 7.35. The maximum absolute atomic E-state index is 6.02. The van der Waals surface area contributed by atoms with Crippen molar-refractivity contribution in [2.24, 2.45) is 5.73 Å². The molecular weight excluding hydrogens is 286 g/mol. The average molecular weight is 305 g/mol. The summed E-state index contributed by atoms with van der Waals surface area (Å²) in [5.74, 6) is 1.18. The van der Waals surface area contributed by atoms with Crippen LogP contribution in [-0.2, 0) is 11.2 Å². The third-order valence-corrected chi connectivity index (χ3v) is 4.66. The fraction of sp³-hybridized carbons (Fsp3) is 0.467. The van der Waals surface area contributed by atoms with Crippen LogP contribution in [0.25, 0.3) is 0 Å². The lowest BCUT2D eigenvalue weighted by Crippen LogP contribution is -2.19. The Kier molecular flexibility index (Phi) is 4.57. The standard InChI is InChI=1S/C15H19N3O2S/c1-2-7-19-9-11(16)14-17-15(20-18-14)13-8-10-5-3-4-6-12(10)21-13/h3-6,11,13H,2,7-9,16H2,1H3. The fourth-order valence-corrected chi connectivity index (χ4v) is 3.50. The number of benzene rings is 1. The van der Waals surface area contributed by atoms with Crippen LogP contribution in [0.2, 0.25) is 0 Å². The van der Waals surface area contributed by atoms with Gasteiger partial charge in [-0.2, -0.15) is 4.98 Å². The third kappa shape index (κ3) is 3.28. The maximum atomic E-state index is 6.02. The summed E-state index contributed by atoms with van der Waals surface area (Å²) in [6, 6.07) is 8.05. The number of ether oxygens (including phenoxy) is 1. The van der Waals surface area contributed by atoms with Gasteiger partial charge in [-0.25, -0.2) is 0 Å². The van der Waals surface area contributed by atoms with Gasteiger partial charge in [0, 0.05) is 11.5 Å². The molecule has 2 atom stereocenters. The lowest BCUT2D eigenvalue weighted by atomic mass is 10.1. The normalized spacial score (nSPS) is 18.7. The molecule has 2 unspecified atom stereocenters. The molecule has 0 saturated heterocycles. The van der Waals surface area contributed by atoms with Gasteiger partial charge in [0.05, 0.1) is 17.9 Å². The first-order chi connectivity index (χ1) is 10.3. The van der Waals surface area contributed by atoms with E-state index in [1.165, 1.54) is 10.5 Å². The lowest BCUT2D eigenvalue weighted by molar-refractivity contribution is 0.119. The summed E-state index contributed by atoms with van der Waals surface area (Å²) in [4.78, 5) is 5.74. The van der Waals surface area contributed by atoms with E-state index in [1.54, 1.807) is 11.8 Å². The molecule has 0 aliphatic carbocycles. The van der Waals surface area contributed by atoms with Crippen molar-refractivity contribution < 1.29 is 9.26 Å². The SMILES string of the molecule is CCCOCC(N)c1noc(C2Cc3ccccc3S2)n1. The summed E-state index contributed by atoms with van der Waals surface area (Å²) in [6.07, 6.45) is 1.89. The molecule has 1 aromatic carbocycles. The van der Waals surface area contributed by atoms with Crippen molar-refractivity contribution in [2.45, 2.75) is 36.0 Å². The van der Waals surface area contributed by atoms with Gasteiger partial charge < -0.3 is 15.0 Å². The smallest absolute Gasteiger partial charge is 0.240 e. The first-order valence-electron chi connectivity index (χ1n) is 7.19. The van der Waals surface area contributed by atoms with E-state index in [1.807, 2.05) is 0 Å². The summed E-state index contributed by atoms with van der Waals surface area (Å²) in [5, 5.41) is 4.19. The number of hydrogen-bond acceptors (Lipinski definition) is 6. The van der Waals surface area contributed by atoms with Gasteiger partial charge in [-0.1, -0.05) is 30.3 Å². The predicted molar refractivity (Wildman–Crippen MR) is 81.1 cm³/mol. The van der Waals surface area contributed by atoms with Crippen molar-refractivity contribution in [1.82, 2.24) is 10.1 Å². The van der Waals surface area contributed by atoms with Crippen molar-refractivity contribution in [1.29, 1.82) is 0 Å². The molecule has 0 saturated carbocycles. The molecule has 2 heterocycles. The van der Waals surface area contributed by atoms with E-state index < -0.39 is 0 Å². The van der Waals surface area contributed by atoms with E-state index >= 15 is 0 Å². The Morgan fingerprint density at radius 1 is 1.48 bits per heavy atom. The highest BCUT2D eigenvalue weighted by atomic mass is 32.2. The molecule has 0 radical (unpaired) electrons. The molecule has 6 heteroatoms. The molecule has 1 aromatic heterocycles. The van der Waals surface area contributed by atoms with Crippen LogP contribution in [0.3, 0.4) is 0 Å². The van der Waals surface area contributed by atoms with Crippen molar-refractivity contribution in [3.8, 4) is 0 Å². The number of fused-ring (bicyclic) bond motifs is 1. The van der Waals surface area contributed by atoms with Crippen molar-refractivity contribution in [3.05, 3.63) is 41.5 Å². The van der Waals surface area contributed by atoms with Gasteiger partial charge in [0.15, 0.2) is 5.82 Å². The molecule has 21 heavy (non-hydrogen) atoms. The van der Waals surface area contributed by atoms with Crippen LogP contribution in [0.5, 0.6) is 0 Å². The lowest BCUT2D eigenvalue weighted by Gasteiger charge is -2.06. The molecule has 2 aromatic rings. The van der Waals surface area contributed by atoms with Crippen LogP contribution in [0.15, 0.2) is 33.7 Å². The molecule has 0 amide bonds. The van der Waals surface area contributed by atoms with Gasteiger partial charge in [0.2, 0.25) is 5.89 Å². The first kappa shape index (κ1) is 14.6. The first-order valence-corrected chi connectivity index (χ1v) is 8.07. The number of nitrogens with zero attached hydrogens (tertiary/aromatic N) is 2. The van der Waals surface area contributed by atoms with E-state index in [-0.39, 0.29) is 11.3 Å². The van der Waals surface area contributed by atoms with Gasteiger partial charge in [0.1, 0.15) is 0 Å². The van der Waals surface area contributed by atoms with Gasteiger partial charge >= 0.3 is 0 Å². The molecule has 1 aliphatic rings. The number of thioether (sulfide) groups is 1. The van der Waals surface area contributed by atoms with Crippen LogP contribution < -0.4 is 5.73 Å². The number of aromatic nitrogens is 2. The van der Waals surface area contributed by atoms with E-state index in [9.17, 15) is 0 Å². The highest BCUT2D eigenvalue weighted by Gasteiger charge is 2.28. The van der Waals surface area contributed by atoms with E-state index in [2.05, 4.69) is 41.3 Å². The molecular formula is C15H19N3O2S. The van der Waals surface area contributed by atoms with Crippen LogP contribution in [0.1, 0.15) is 41.9 Å². The Balaban J connectivity index is 1.64. The monoisotopic (exact) mass is 305 g/mol. The highest BCUT2D eigenvalue weighted by molar-refractivity contribution is 7.99. The van der Waals surface area contributed by atoms with E-state index in [4.69, 9.17) is 15.0 Å². The minimum absolute atomic E-state index is 0.187. The van der Waals surface area contributed by atoms with Crippen LogP contribution in [0.4, 0.5) is 0 Å². The van der Waals surface area contributed by atoms with Crippen LogP contribution >= 0.6 is 11.8 Å². The minimum atomic E-state index is -0.331. The molecule has 0 bridgehead atoms. The predicted octanol–water partition coefficient (Wildman–Crippen LogP) is 2.89. The third-order valence-electron chi connectivity index (χ3n) is 3.36. The number of rotatable bonds is 6. The topological polar surface area (TPSA) is 74.2 Å². The molecule has 5 nitrogen and oxygen atoms in total. The Morgan fingerprint density at radius 2 is 2.33 bits per heavy atom. The van der Waals surface area contributed by atoms with Crippen LogP contribution in [0, 0.1) is 0 Å². The zero-order chi connectivity index (χ0) is 14.7. The van der Waals surface area contributed by atoms with Crippen LogP contribution in [-0.4, -0.2) is 23.4 Å². The quantitative estimate of drug-likeness (QED) is 0.827. The Morgan fingerprint density at radius 3 is 3.14 bits per heavy atom. The highest BCUT2D eigenvalue weighted by Crippen LogP contribution is 2.45. The van der Waals surface area contributed by atoms with Crippen molar-refractivity contribution in [3.63, 3.8) is 0 Å². The second-order valence-electron chi connectivity index (χ2n) is 5.09. The second-order valence-corrected chi connectivity index (χ2v) is 6.34. The fourth-order valence-electron chi connectivity index (χ4n) is 2.28. The van der Waals surface area contributed by atoms with Gasteiger partial charge in [-0.3, -0.25) is 0 Å². The minimum Gasteiger partial charge on any atom is -0.379 e. The zero-order valence-corrected chi connectivity index (χ0v) is 12.8. The molecule has 3 rings (SSSR count). The largest absolute Gasteiger partial charge is 0.379 e. The molecule has 2 N–H and O–H groups in total. The molecule has 0 fully saturated rings. The Hall–Kier alpha value is -1.37. The summed E-state index contributed by atoms with van der Waals surface area (Å²) < 4.78 is 10.8. The molecule has 112 valence electrons. The maximum Gasteiger partial charge on any atom is 0.240 e. The summed E-state index contributed by atoms with van der Waals surface area (Å²) >= 11 is 1.77. The zero-order valence-electron chi connectivity index (χ0n) is 12.0. The van der Waals surface area contributed by atoms with E-state index in [0.717, 1.165) is 12.8 Å². The van der Waals surface area contributed by atoms with Gasteiger partial charge in [-0.05, 0) is 24.5 Å².